The lowest BCUT2D eigenvalue weighted by molar-refractivity contribution is 0.832. The number of thiophene rings is 2. The first-order valence-electron chi connectivity index (χ1n) is 18.8. The second-order valence-corrected chi connectivity index (χ2v) is 15.6. The smallest absolute Gasteiger partial charge is 0.108 e. The van der Waals surface area contributed by atoms with E-state index in [1.165, 1.54) is 32.0 Å². The number of aryl methyl sites for hydroxylation is 2. The van der Waals surface area contributed by atoms with Crippen LogP contribution in [-0.4, -0.2) is 42.2 Å². The molecule has 10 rings (SSSR count). The van der Waals surface area contributed by atoms with Gasteiger partial charge in [0.15, 0.2) is 0 Å². The van der Waals surface area contributed by atoms with Gasteiger partial charge in [0.2, 0.25) is 0 Å². The highest BCUT2D eigenvalue weighted by molar-refractivity contribution is 7.13. The van der Waals surface area contributed by atoms with Crippen molar-refractivity contribution in [2.45, 2.75) is 25.7 Å². The van der Waals surface area contributed by atoms with Crippen LogP contribution in [0.5, 0.6) is 0 Å². The molecule has 0 amide bonds. The summed E-state index contributed by atoms with van der Waals surface area (Å²) in [5, 5.41) is 6.45. The fourth-order valence-electron chi connectivity index (χ4n) is 7.23. The van der Waals surface area contributed by atoms with E-state index in [-0.39, 0.29) is 0 Å². The normalized spacial score (nSPS) is 11.5. The molecule has 0 atom stereocenters. The van der Waals surface area contributed by atoms with Crippen molar-refractivity contribution in [2.75, 3.05) is 13.1 Å². The molecule has 10 heteroatoms. The zero-order chi connectivity index (χ0) is 37.8. The summed E-state index contributed by atoms with van der Waals surface area (Å²) in [5.41, 5.74) is 24.5. The van der Waals surface area contributed by atoms with Crippen LogP contribution in [0, 0.1) is 0 Å². The number of benzene rings is 4. The summed E-state index contributed by atoms with van der Waals surface area (Å²) >= 11 is 3.50. The minimum atomic E-state index is 0.722. The van der Waals surface area contributed by atoms with Gasteiger partial charge in [-0.15, -0.1) is 22.7 Å². The highest BCUT2D eigenvalue weighted by Gasteiger charge is 2.13. The first-order valence-corrected chi connectivity index (χ1v) is 20.6. The average molecular weight is 769 g/mol. The van der Waals surface area contributed by atoms with Crippen molar-refractivity contribution in [3.8, 4) is 32.3 Å². The zero-order valence-corrected chi connectivity index (χ0v) is 32.4. The van der Waals surface area contributed by atoms with Gasteiger partial charge in [-0.2, -0.15) is 0 Å². The molecule has 0 radical (unpaired) electrons. The Hall–Kier alpha value is -6.04. The Balaban J connectivity index is 0.000000146. The van der Waals surface area contributed by atoms with Crippen molar-refractivity contribution < 1.29 is 0 Å². The Kier molecular flexibility index (Phi) is 10.2. The molecular formula is C46H40N8S2. The molecule has 0 unspecified atom stereocenters. The van der Waals surface area contributed by atoms with Crippen LogP contribution in [0.25, 0.3) is 76.1 Å². The van der Waals surface area contributed by atoms with Gasteiger partial charge < -0.3 is 11.5 Å². The lowest BCUT2D eigenvalue weighted by atomic mass is 10.1. The molecule has 276 valence electrons. The van der Waals surface area contributed by atoms with Crippen LogP contribution in [0.1, 0.15) is 24.0 Å². The first-order chi connectivity index (χ1) is 27.7. The maximum atomic E-state index is 5.63. The summed E-state index contributed by atoms with van der Waals surface area (Å²) in [6.45, 7) is 1.44. The molecule has 0 bridgehead atoms. The van der Waals surface area contributed by atoms with Gasteiger partial charge in [-0.25, -0.2) is 9.97 Å². The monoisotopic (exact) mass is 768 g/mol. The predicted octanol–water partition coefficient (Wildman–Crippen LogP) is 10.4. The predicted molar refractivity (Wildman–Crippen MR) is 234 cm³/mol. The van der Waals surface area contributed by atoms with Crippen molar-refractivity contribution in [2.24, 2.45) is 11.5 Å². The summed E-state index contributed by atoms with van der Waals surface area (Å²) in [5.74, 6) is 0. The minimum absolute atomic E-state index is 0.722. The number of nitrogens with two attached hydrogens (primary N) is 2. The second-order valence-electron chi connectivity index (χ2n) is 13.7. The van der Waals surface area contributed by atoms with E-state index in [1.807, 2.05) is 25.0 Å². The molecule has 4 N–H and O–H groups in total. The molecule has 8 nitrogen and oxygen atoms in total. The highest BCUT2D eigenvalue weighted by atomic mass is 32.1. The summed E-state index contributed by atoms with van der Waals surface area (Å²) in [6, 6.07) is 38.7. The van der Waals surface area contributed by atoms with E-state index in [0.717, 1.165) is 94.0 Å². The van der Waals surface area contributed by atoms with E-state index in [9.17, 15) is 0 Å². The van der Waals surface area contributed by atoms with Crippen molar-refractivity contribution in [3.63, 3.8) is 0 Å². The molecule has 0 fully saturated rings. The Bertz CT molecular complexity index is 2670. The molecule has 0 aliphatic heterocycles. The number of rotatable bonds is 10. The van der Waals surface area contributed by atoms with Gasteiger partial charge in [-0.3, -0.25) is 19.1 Å². The second kappa shape index (κ2) is 16.0. The molecule has 56 heavy (non-hydrogen) atoms. The van der Waals surface area contributed by atoms with E-state index in [2.05, 4.69) is 149 Å². The van der Waals surface area contributed by atoms with Gasteiger partial charge in [0.25, 0.3) is 0 Å². The topological polar surface area (TPSA) is 113 Å². The molecule has 10 aromatic rings. The molecule has 0 spiro atoms. The Labute approximate surface area is 332 Å². The molecule has 0 aliphatic rings. The SMILES string of the molecule is NCCCc1ccc(-n2cnc3cnc4ccc(-c5cccs5)cc4c32)cc1.NCCCc1ccc(-n2cnc3cnc4ccc(-c5cccs5)cc4c32)cc1. The van der Waals surface area contributed by atoms with Crippen molar-refractivity contribution in [1.29, 1.82) is 0 Å². The zero-order valence-electron chi connectivity index (χ0n) is 30.8. The number of hydrogen-bond donors (Lipinski definition) is 2. The van der Waals surface area contributed by atoms with E-state index < -0.39 is 0 Å². The van der Waals surface area contributed by atoms with Gasteiger partial charge >= 0.3 is 0 Å². The van der Waals surface area contributed by atoms with Gasteiger partial charge in [-0.1, -0.05) is 48.5 Å². The Morgan fingerprint density at radius 1 is 0.482 bits per heavy atom. The summed E-state index contributed by atoms with van der Waals surface area (Å²) in [6.07, 6.45) is 11.5. The number of fused-ring (bicyclic) bond motifs is 6. The fourth-order valence-corrected chi connectivity index (χ4v) is 8.68. The number of hydrogen-bond acceptors (Lipinski definition) is 8. The largest absolute Gasteiger partial charge is 0.330 e. The van der Waals surface area contributed by atoms with Gasteiger partial charge in [0.05, 0.1) is 34.5 Å². The van der Waals surface area contributed by atoms with Crippen LogP contribution in [0.2, 0.25) is 0 Å². The van der Waals surface area contributed by atoms with Crippen LogP contribution in [-0.2, 0) is 12.8 Å². The maximum absolute atomic E-state index is 5.63. The average Bonchev–Trinajstić information content (AvgIpc) is 4.10. The molecule has 4 aromatic carbocycles. The first kappa shape index (κ1) is 35.6. The third-order valence-electron chi connectivity index (χ3n) is 10.1. The lowest BCUT2D eigenvalue weighted by Crippen LogP contribution is -2.00. The standard InChI is InChI=1S/2C23H20N4S/c2*24-11-1-3-16-5-8-18(9-6-16)27-15-26-21-14-25-20-10-7-17(13-19(20)23(21)27)22-4-2-12-28-22/h2*2,4-10,12-15H,1,3,11,24H2. The molecule has 0 aliphatic carbocycles. The Morgan fingerprint density at radius 3 is 1.32 bits per heavy atom. The quantitative estimate of drug-likeness (QED) is 0.143. The minimum Gasteiger partial charge on any atom is -0.330 e. The van der Waals surface area contributed by atoms with E-state index in [4.69, 9.17) is 11.5 Å². The molecule has 0 saturated heterocycles. The summed E-state index contributed by atoms with van der Waals surface area (Å²) in [7, 11) is 0. The molecular weight excluding hydrogens is 729 g/mol. The van der Waals surface area contributed by atoms with Gasteiger partial charge in [-0.05, 0) is 132 Å². The summed E-state index contributed by atoms with van der Waals surface area (Å²) in [4.78, 5) is 20.9. The molecule has 6 heterocycles. The Morgan fingerprint density at radius 2 is 0.929 bits per heavy atom. The lowest BCUT2D eigenvalue weighted by Gasteiger charge is -2.09. The van der Waals surface area contributed by atoms with E-state index >= 15 is 0 Å². The van der Waals surface area contributed by atoms with Gasteiger partial charge in [0.1, 0.15) is 23.7 Å². The van der Waals surface area contributed by atoms with Crippen LogP contribution >= 0.6 is 22.7 Å². The summed E-state index contributed by atoms with van der Waals surface area (Å²) < 4.78 is 4.31. The number of pyridine rings is 2. The number of nitrogens with zero attached hydrogens (tertiary/aromatic N) is 6. The van der Waals surface area contributed by atoms with Gasteiger partial charge in [0, 0.05) is 31.9 Å². The van der Waals surface area contributed by atoms with E-state index in [1.54, 1.807) is 22.7 Å². The number of aromatic nitrogens is 6. The molecule has 0 saturated carbocycles. The van der Waals surface area contributed by atoms with Crippen molar-refractivity contribution >= 4 is 66.5 Å². The molecule has 6 aromatic heterocycles. The maximum Gasteiger partial charge on any atom is 0.108 e. The van der Waals surface area contributed by atoms with Crippen molar-refractivity contribution in [1.82, 2.24) is 29.1 Å². The third kappa shape index (κ3) is 7.11. The fraction of sp³-hybridized carbons (Fsp3) is 0.130. The highest BCUT2D eigenvalue weighted by Crippen LogP contribution is 2.33. The van der Waals surface area contributed by atoms with Crippen LogP contribution < -0.4 is 11.5 Å². The van der Waals surface area contributed by atoms with Crippen molar-refractivity contribution in [3.05, 3.63) is 156 Å². The number of imidazole rings is 2. The third-order valence-corrected chi connectivity index (χ3v) is 12.0. The van der Waals surface area contributed by atoms with E-state index in [0.29, 0.717) is 0 Å². The van der Waals surface area contributed by atoms with Crippen LogP contribution in [0.4, 0.5) is 0 Å². The van der Waals surface area contributed by atoms with Crippen LogP contribution in [0.15, 0.2) is 145 Å². The van der Waals surface area contributed by atoms with Crippen LogP contribution in [0.3, 0.4) is 0 Å².